The first kappa shape index (κ1) is 19.5. The van der Waals surface area contributed by atoms with Crippen LogP contribution in [0.1, 0.15) is 70.7 Å². The fourth-order valence-electron chi connectivity index (χ4n) is 2.60. The third-order valence-electron chi connectivity index (χ3n) is 4.06. The molecule has 2 heterocycles. The van der Waals surface area contributed by atoms with Gasteiger partial charge in [0.2, 0.25) is 0 Å². The van der Waals surface area contributed by atoms with Gasteiger partial charge in [0.25, 0.3) is 0 Å². The molecule has 0 aromatic carbocycles. The highest BCUT2D eigenvalue weighted by atomic mass is 15.1. The molecule has 130 valence electrons. The van der Waals surface area contributed by atoms with Crippen LogP contribution in [0.15, 0.2) is 18.6 Å². The number of nitrogens with zero attached hydrogens (tertiary/aromatic N) is 4. The van der Waals surface area contributed by atoms with Crippen LogP contribution in [-0.4, -0.2) is 19.1 Å². The number of hydrogen-bond acceptors (Lipinski definition) is 2. The third-order valence-corrected chi connectivity index (χ3v) is 4.06. The van der Waals surface area contributed by atoms with Gasteiger partial charge in [0.1, 0.15) is 11.6 Å². The quantitative estimate of drug-likeness (QED) is 0.701. The molecule has 2 aromatic heterocycles. The van der Waals surface area contributed by atoms with E-state index < -0.39 is 0 Å². The third kappa shape index (κ3) is 6.20. The maximum absolute atomic E-state index is 4.35. The molecule has 0 N–H and O–H groups in total. The lowest BCUT2D eigenvalue weighted by Crippen LogP contribution is -2.04. The summed E-state index contributed by atoms with van der Waals surface area (Å²) in [5, 5.41) is 0. The lowest BCUT2D eigenvalue weighted by Gasteiger charge is -2.07. The zero-order valence-corrected chi connectivity index (χ0v) is 15.7. The van der Waals surface area contributed by atoms with Crippen LogP contribution in [0.2, 0.25) is 0 Å². The van der Waals surface area contributed by atoms with Crippen LogP contribution in [-0.2, 0) is 25.9 Å². The van der Waals surface area contributed by atoms with E-state index in [0.717, 1.165) is 25.9 Å². The predicted octanol–water partition coefficient (Wildman–Crippen LogP) is 4.80. The van der Waals surface area contributed by atoms with Crippen molar-refractivity contribution in [1.29, 1.82) is 0 Å². The molecule has 0 fully saturated rings. The molecule has 0 aliphatic rings. The van der Waals surface area contributed by atoms with Gasteiger partial charge in [0.05, 0.1) is 0 Å². The molecule has 0 bridgehead atoms. The fraction of sp³-hybridized carbons (Fsp3) is 0.684. The van der Waals surface area contributed by atoms with E-state index in [1.807, 2.05) is 12.4 Å². The normalized spacial score (nSPS) is 10.5. The molecule has 4 nitrogen and oxygen atoms in total. The smallest absolute Gasteiger partial charge is 0.108 e. The van der Waals surface area contributed by atoms with Crippen molar-refractivity contribution in [2.24, 2.45) is 0 Å². The Morgan fingerprint density at radius 2 is 1.52 bits per heavy atom. The summed E-state index contributed by atoms with van der Waals surface area (Å²) in [5.41, 5.74) is 1.29. The molecule has 2 aromatic rings. The van der Waals surface area contributed by atoms with Gasteiger partial charge in [-0.15, -0.1) is 0 Å². The van der Waals surface area contributed by atoms with Crippen LogP contribution >= 0.6 is 0 Å². The van der Waals surface area contributed by atoms with Crippen molar-refractivity contribution in [3.8, 4) is 0 Å². The summed E-state index contributed by atoms with van der Waals surface area (Å²) in [4.78, 5) is 8.60. The molecule has 0 aliphatic carbocycles. The van der Waals surface area contributed by atoms with Crippen LogP contribution in [0.3, 0.4) is 0 Å². The summed E-state index contributed by atoms with van der Waals surface area (Å²) in [5.74, 6) is 2.43. The van der Waals surface area contributed by atoms with Crippen molar-refractivity contribution >= 4 is 0 Å². The number of aromatic nitrogens is 4. The highest BCUT2D eigenvalue weighted by Crippen LogP contribution is 2.06. The molecule has 0 amide bonds. The van der Waals surface area contributed by atoms with Gasteiger partial charge >= 0.3 is 0 Å². The second kappa shape index (κ2) is 11.0. The minimum absolute atomic E-state index is 1.04. The summed E-state index contributed by atoms with van der Waals surface area (Å²) in [7, 11) is 0. The molecule has 0 saturated heterocycles. The molecule has 0 spiro atoms. The molecule has 2 rings (SSSR count). The number of unbranched alkanes of at least 4 members (excludes halogenated alkanes) is 2. The summed E-state index contributed by atoms with van der Waals surface area (Å²) in [6.45, 7) is 13.1. The van der Waals surface area contributed by atoms with Crippen molar-refractivity contribution in [1.82, 2.24) is 19.1 Å². The van der Waals surface area contributed by atoms with Crippen LogP contribution < -0.4 is 0 Å². The maximum atomic E-state index is 4.35. The van der Waals surface area contributed by atoms with Crippen molar-refractivity contribution in [3.05, 3.63) is 35.9 Å². The Bertz CT molecular complexity index is 539. The average molecular weight is 319 g/mol. The Morgan fingerprint density at radius 3 is 2.13 bits per heavy atom. The first-order valence-electron chi connectivity index (χ1n) is 9.18. The van der Waals surface area contributed by atoms with E-state index in [2.05, 4.69) is 59.9 Å². The average Bonchev–Trinajstić information content (AvgIpc) is 3.17. The first-order chi connectivity index (χ1) is 11.2. The van der Waals surface area contributed by atoms with Gasteiger partial charge in [0.15, 0.2) is 0 Å². The van der Waals surface area contributed by atoms with Crippen molar-refractivity contribution in [3.63, 3.8) is 0 Å². The van der Waals surface area contributed by atoms with E-state index in [4.69, 9.17) is 0 Å². The topological polar surface area (TPSA) is 35.6 Å². The second-order valence-electron chi connectivity index (χ2n) is 5.92. The summed E-state index contributed by atoms with van der Waals surface area (Å²) >= 11 is 0. The summed E-state index contributed by atoms with van der Waals surface area (Å²) in [6, 6.07) is 0. The van der Waals surface area contributed by atoms with E-state index in [1.165, 1.54) is 43.0 Å². The van der Waals surface area contributed by atoms with E-state index in [9.17, 15) is 0 Å². The largest absolute Gasteiger partial charge is 0.335 e. The maximum Gasteiger partial charge on any atom is 0.108 e. The van der Waals surface area contributed by atoms with Gasteiger partial charge in [-0.05, 0) is 19.8 Å². The molecule has 0 unspecified atom stereocenters. The van der Waals surface area contributed by atoms with E-state index >= 15 is 0 Å². The lowest BCUT2D eigenvalue weighted by atomic mass is 10.3. The number of rotatable bonds is 8. The van der Waals surface area contributed by atoms with E-state index in [1.54, 1.807) is 0 Å². The van der Waals surface area contributed by atoms with Gasteiger partial charge < -0.3 is 9.13 Å². The van der Waals surface area contributed by atoms with Gasteiger partial charge in [-0.2, -0.15) is 0 Å². The van der Waals surface area contributed by atoms with Gasteiger partial charge in [0, 0.05) is 50.2 Å². The van der Waals surface area contributed by atoms with E-state index in [0.29, 0.717) is 0 Å². The minimum Gasteiger partial charge on any atom is -0.335 e. The molecule has 0 aliphatic heterocycles. The Balaban J connectivity index is 0.000000231. The second-order valence-corrected chi connectivity index (χ2v) is 5.92. The SMILES string of the molecule is CCCCn1c(C)cnc1CC.CCCCn1ccnc1CC. The van der Waals surface area contributed by atoms with Gasteiger partial charge in [-0.25, -0.2) is 9.97 Å². The Kier molecular flexibility index (Phi) is 9.34. The lowest BCUT2D eigenvalue weighted by molar-refractivity contribution is 0.594. The number of hydrogen-bond donors (Lipinski definition) is 0. The first-order valence-corrected chi connectivity index (χ1v) is 9.18. The summed E-state index contributed by atoms with van der Waals surface area (Å²) in [6.07, 6.45) is 13.0. The van der Waals surface area contributed by atoms with Crippen molar-refractivity contribution in [2.75, 3.05) is 0 Å². The molecule has 23 heavy (non-hydrogen) atoms. The Morgan fingerprint density at radius 1 is 0.870 bits per heavy atom. The van der Waals surface area contributed by atoms with Crippen LogP contribution in [0, 0.1) is 6.92 Å². The monoisotopic (exact) mass is 318 g/mol. The van der Waals surface area contributed by atoms with Crippen LogP contribution in [0.4, 0.5) is 0 Å². The van der Waals surface area contributed by atoms with Crippen LogP contribution in [0.5, 0.6) is 0 Å². The molecule has 0 saturated carbocycles. The van der Waals surface area contributed by atoms with Crippen molar-refractivity contribution in [2.45, 2.75) is 86.2 Å². The zero-order valence-electron chi connectivity index (χ0n) is 15.7. The minimum atomic E-state index is 1.04. The van der Waals surface area contributed by atoms with Crippen LogP contribution in [0.25, 0.3) is 0 Å². The molecule has 4 heteroatoms. The zero-order chi connectivity index (χ0) is 17.1. The number of imidazole rings is 2. The Hall–Kier alpha value is -1.58. The van der Waals surface area contributed by atoms with E-state index in [-0.39, 0.29) is 0 Å². The molecule has 0 atom stereocenters. The standard InChI is InChI=1S/C10H18N2.C9H16N2/c1-4-6-7-12-9(3)8-11-10(12)5-2;1-3-5-7-11-8-6-10-9(11)4-2/h8H,4-7H2,1-3H3;6,8H,3-5,7H2,1-2H3. The Labute approximate surface area is 142 Å². The molecule has 0 radical (unpaired) electrons. The highest BCUT2D eigenvalue weighted by Gasteiger charge is 2.02. The highest BCUT2D eigenvalue weighted by molar-refractivity contribution is 5.03. The molecular formula is C19H34N4. The summed E-state index contributed by atoms with van der Waals surface area (Å²) < 4.78 is 4.56. The number of aryl methyl sites for hydroxylation is 4. The van der Waals surface area contributed by atoms with Crippen molar-refractivity contribution < 1.29 is 0 Å². The van der Waals surface area contributed by atoms with Gasteiger partial charge in [-0.3, -0.25) is 0 Å². The fourth-order valence-corrected chi connectivity index (χ4v) is 2.60. The molecular weight excluding hydrogens is 284 g/mol. The van der Waals surface area contributed by atoms with Gasteiger partial charge in [-0.1, -0.05) is 40.5 Å². The predicted molar refractivity (Wildman–Crippen MR) is 97.8 cm³/mol.